The van der Waals surface area contributed by atoms with Crippen molar-refractivity contribution >= 4 is 5.69 Å². The van der Waals surface area contributed by atoms with E-state index in [2.05, 4.69) is 42.3 Å². The van der Waals surface area contributed by atoms with Crippen LogP contribution in [0.15, 0.2) is 18.2 Å². The first-order valence-corrected chi connectivity index (χ1v) is 8.30. The van der Waals surface area contributed by atoms with Gasteiger partial charge in [-0.1, -0.05) is 19.3 Å². The minimum absolute atomic E-state index is 0.344. The maximum Gasteiger partial charge on any atom is 0.119 e. The van der Waals surface area contributed by atoms with Crippen molar-refractivity contribution in [3.05, 3.63) is 23.8 Å². The molecule has 1 aromatic carbocycles. The summed E-state index contributed by atoms with van der Waals surface area (Å²) in [5, 5.41) is 3.86. The number of methoxy groups -OCH3 is 1. The van der Waals surface area contributed by atoms with Gasteiger partial charge in [0.1, 0.15) is 5.75 Å². The number of nitrogens with zero attached hydrogens (tertiary/aromatic N) is 1. The summed E-state index contributed by atoms with van der Waals surface area (Å²) in [6.07, 6.45) is 6.80. The monoisotopic (exact) mass is 288 g/mol. The Kier molecular flexibility index (Phi) is 4.12. The Hall–Kier alpha value is -1.22. The highest BCUT2D eigenvalue weighted by molar-refractivity contribution is 5.57. The number of ether oxygens (including phenoxy) is 1. The van der Waals surface area contributed by atoms with Crippen molar-refractivity contribution < 1.29 is 4.74 Å². The molecule has 1 N–H and O–H groups in total. The van der Waals surface area contributed by atoms with Crippen molar-refractivity contribution in [2.45, 2.75) is 57.5 Å². The molecular weight excluding hydrogens is 260 g/mol. The molecule has 1 aromatic rings. The molecule has 1 saturated carbocycles. The van der Waals surface area contributed by atoms with Crippen molar-refractivity contribution in [3.63, 3.8) is 0 Å². The van der Waals surface area contributed by atoms with Crippen LogP contribution in [0.5, 0.6) is 5.75 Å². The van der Waals surface area contributed by atoms with Crippen LogP contribution in [0, 0.1) is 6.92 Å². The van der Waals surface area contributed by atoms with E-state index in [1.165, 1.54) is 43.4 Å². The van der Waals surface area contributed by atoms with E-state index in [-0.39, 0.29) is 0 Å². The molecule has 1 aliphatic heterocycles. The fourth-order valence-electron chi connectivity index (χ4n) is 3.98. The molecule has 0 aromatic heterocycles. The Morgan fingerprint density at radius 1 is 1.24 bits per heavy atom. The summed E-state index contributed by atoms with van der Waals surface area (Å²) >= 11 is 0. The van der Waals surface area contributed by atoms with Crippen LogP contribution in [0.1, 0.15) is 44.6 Å². The van der Waals surface area contributed by atoms with Gasteiger partial charge in [0.05, 0.1) is 7.11 Å². The zero-order valence-electron chi connectivity index (χ0n) is 13.6. The van der Waals surface area contributed by atoms with Gasteiger partial charge >= 0.3 is 0 Å². The van der Waals surface area contributed by atoms with Gasteiger partial charge in [0.25, 0.3) is 0 Å². The fourth-order valence-corrected chi connectivity index (χ4v) is 3.98. The third-order valence-electron chi connectivity index (χ3n) is 5.30. The zero-order valence-corrected chi connectivity index (χ0v) is 13.6. The SMILES string of the molecule is COc1ccc(N2CC3(CCCCC3)NCC2C)c(C)c1. The molecule has 3 nitrogen and oxygen atoms in total. The maximum absolute atomic E-state index is 5.34. The summed E-state index contributed by atoms with van der Waals surface area (Å²) in [7, 11) is 1.74. The van der Waals surface area contributed by atoms with Crippen LogP contribution in [-0.4, -0.2) is 31.8 Å². The summed E-state index contributed by atoms with van der Waals surface area (Å²) in [6.45, 7) is 6.75. The van der Waals surface area contributed by atoms with Gasteiger partial charge in [-0.05, 0) is 50.5 Å². The third-order valence-corrected chi connectivity index (χ3v) is 5.30. The van der Waals surface area contributed by atoms with Gasteiger partial charge in [0.15, 0.2) is 0 Å². The number of aryl methyl sites for hydroxylation is 1. The predicted molar refractivity (Wildman–Crippen MR) is 88.4 cm³/mol. The molecule has 0 radical (unpaired) electrons. The highest BCUT2D eigenvalue weighted by Crippen LogP contribution is 2.35. The molecule has 0 bridgehead atoms. The molecule has 1 heterocycles. The maximum atomic E-state index is 5.34. The highest BCUT2D eigenvalue weighted by atomic mass is 16.5. The summed E-state index contributed by atoms with van der Waals surface area (Å²) in [6, 6.07) is 7.01. The van der Waals surface area contributed by atoms with E-state index in [4.69, 9.17) is 4.74 Å². The van der Waals surface area contributed by atoms with Crippen LogP contribution < -0.4 is 15.0 Å². The normalized spacial score (nSPS) is 25.1. The van der Waals surface area contributed by atoms with Crippen molar-refractivity contribution in [1.82, 2.24) is 5.32 Å². The molecule has 3 rings (SSSR count). The average molecular weight is 288 g/mol. The topological polar surface area (TPSA) is 24.5 Å². The Labute approximate surface area is 128 Å². The lowest BCUT2D eigenvalue weighted by Crippen LogP contribution is -2.64. The number of anilines is 1. The minimum Gasteiger partial charge on any atom is -0.497 e. The van der Waals surface area contributed by atoms with E-state index in [1.54, 1.807) is 7.11 Å². The molecule has 0 amide bonds. The summed E-state index contributed by atoms with van der Waals surface area (Å²) in [5.41, 5.74) is 3.03. The van der Waals surface area contributed by atoms with Crippen molar-refractivity contribution in [2.75, 3.05) is 25.1 Å². The molecule has 2 fully saturated rings. The standard InChI is InChI=1S/C18H28N2O/c1-14-11-16(21-3)7-8-17(14)20-13-18(19-12-15(20)2)9-5-4-6-10-18/h7-8,11,15,19H,4-6,9-10,12-13H2,1-3H3. The van der Waals surface area contributed by atoms with Gasteiger partial charge in [-0.3, -0.25) is 0 Å². The fraction of sp³-hybridized carbons (Fsp3) is 0.667. The molecule has 116 valence electrons. The number of piperazine rings is 1. The van der Waals surface area contributed by atoms with Crippen molar-refractivity contribution in [2.24, 2.45) is 0 Å². The largest absolute Gasteiger partial charge is 0.497 e. The second-order valence-corrected chi connectivity index (χ2v) is 6.85. The molecule has 3 heteroatoms. The minimum atomic E-state index is 0.344. The lowest BCUT2D eigenvalue weighted by molar-refractivity contribution is 0.200. The highest BCUT2D eigenvalue weighted by Gasteiger charge is 2.38. The summed E-state index contributed by atoms with van der Waals surface area (Å²) < 4.78 is 5.34. The molecule has 1 aliphatic carbocycles. The van der Waals surface area contributed by atoms with Crippen LogP contribution in [0.4, 0.5) is 5.69 Å². The number of benzene rings is 1. The third kappa shape index (κ3) is 2.89. The van der Waals surface area contributed by atoms with Crippen LogP contribution in [0.2, 0.25) is 0 Å². The Morgan fingerprint density at radius 3 is 2.67 bits per heavy atom. The quantitative estimate of drug-likeness (QED) is 0.901. The number of nitrogens with one attached hydrogen (secondary N) is 1. The Bertz CT molecular complexity index is 494. The molecule has 21 heavy (non-hydrogen) atoms. The van der Waals surface area contributed by atoms with E-state index in [0.29, 0.717) is 11.6 Å². The second kappa shape index (κ2) is 5.88. The molecule has 1 atom stereocenters. The zero-order chi connectivity index (χ0) is 14.9. The van der Waals surface area contributed by atoms with E-state index < -0.39 is 0 Å². The number of hydrogen-bond acceptors (Lipinski definition) is 3. The van der Waals surface area contributed by atoms with Crippen LogP contribution in [0.25, 0.3) is 0 Å². The summed E-state index contributed by atoms with van der Waals surface area (Å²) in [5.74, 6) is 0.950. The number of rotatable bonds is 2. The second-order valence-electron chi connectivity index (χ2n) is 6.85. The van der Waals surface area contributed by atoms with Gasteiger partial charge in [-0.25, -0.2) is 0 Å². The van der Waals surface area contributed by atoms with Gasteiger partial charge in [0, 0.05) is 30.4 Å². The first-order chi connectivity index (χ1) is 10.1. The average Bonchev–Trinajstić information content (AvgIpc) is 2.51. The van der Waals surface area contributed by atoms with Crippen LogP contribution in [0.3, 0.4) is 0 Å². The van der Waals surface area contributed by atoms with E-state index in [9.17, 15) is 0 Å². The predicted octanol–water partition coefficient (Wildman–Crippen LogP) is 3.50. The van der Waals surface area contributed by atoms with Crippen LogP contribution >= 0.6 is 0 Å². The molecule has 1 saturated heterocycles. The van der Waals surface area contributed by atoms with Gasteiger partial charge < -0.3 is 15.0 Å². The van der Waals surface area contributed by atoms with E-state index in [1.807, 2.05) is 0 Å². The Morgan fingerprint density at radius 2 is 2.00 bits per heavy atom. The molecule has 1 spiro atoms. The first kappa shape index (κ1) is 14.7. The van der Waals surface area contributed by atoms with Gasteiger partial charge in [-0.15, -0.1) is 0 Å². The smallest absolute Gasteiger partial charge is 0.119 e. The number of hydrogen-bond donors (Lipinski definition) is 1. The van der Waals surface area contributed by atoms with Crippen LogP contribution in [-0.2, 0) is 0 Å². The van der Waals surface area contributed by atoms with Crippen molar-refractivity contribution in [1.29, 1.82) is 0 Å². The van der Waals surface area contributed by atoms with Gasteiger partial charge in [-0.2, -0.15) is 0 Å². The lowest BCUT2D eigenvalue weighted by Gasteiger charge is -2.50. The van der Waals surface area contributed by atoms with E-state index >= 15 is 0 Å². The van der Waals surface area contributed by atoms with Gasteiger partial charge in [0.2, 0.25) is 0 Å². The summed E-state index contributed by atoms with van der Waals surface area (Å²) in [4.78, 5) is 2.61. The molecule has 2 aliphatic rings. The van der Waals surface area contributed by atoms with E-state index in [0.717, 1.165) is 18.8 Å². The molecular formula is C18H28N2O. The lowest BCUT2D eigenvalue weighted by atomic mass is 9.79. The first-order valence-electron chi connectivity index (χ1n) is 8.30. The van der Waals surface area contributed by atoms with Crippen molar-refractivity contribution in [3.8, 4) is 5.75 Å². The molecule has 1 unspecified atom stereocenters. The Balaban J connectivity index is 1.85.